The van der Waals surface area contributed by atoms with Gasteiger partial charge in [-0.2, -0.15) is 5.10 Å². The SMILES string of the molecule is Cc1nn(C)c(C)c1C(C)CN1CCNCC1. The van der Waals surface area contributed by atoms with E-state index in [1.54, 1.807) is 0 Å². The summed E-state index contributed by atoms with van der Waals surface area (Å²) in [4.78, 5) is 2.55. The van der Waals surface area contributed by atoms with E-state index in [0.717, 1.165) is 19.6 Å². The van der Waals surface area contributed by atoms with Crippen molar-refractivity contribution in [3.63, 3.8) is 0 Å². The van der Waals surface area contributed by atoms with E-state index >= 15 is 0 Å². The third-order valence-electron chi connectivity index (χ3n) is 3.80. The Kier molecular flexibility index (Phi) is 3.84. The fourth-order valence-corrected chi connectivity index (χ4v) is 2.88. The summed E-state index contributed by atoms with van der Waals surface area (Å²) in [5, 5.41) is 7.91. The van der Waals surface area contributed by atoms with Gasteiger partial charge in [0.15, 0.2) is 0 Å². The molecular weight excluding hydrogens is 212 g/mol. The monoisotopic (exact) mass is 236 g/mol. The molecule has 17 heavy (non-hydrogen) atoms. The summed E-state index contributed by atoms with van der Waals surface area (Å²) < 4.78 is 2.00. The van der Waals surface area contributed by atoms with Gasteiger partial charge in [-0.1, -0.05) is 6.92 Å². The van der Waals surface area contributed by atoms with Crippen LogP contribution >= 0.6 is 0 Å². The Bertz CT molecular complexity index is 377. The highest BCUT2D eigenvalue weighted by molar-refractivity contribution is 5.28. The van der Waals surface area contributed by atoms with Gasteiger partial charge in [0.1, 0.15) is 0 Å². The molecule has 1 saturated heterocycles. The molecule has 0 spiro atoms. The fraction of sp³-hybridized carbons (Fsp3) is 0.769. The standard InChI is InChI=1S/C13H24N4/c1-10(9-17-7-5-14-6-8-17)13-11(2)15-16(4)12(13)3/h10,14H,5-9H2,1-4H3. The molecule has 1 fully saturated rings. The minimum absolute atomic E-state index is 0.571. The second-order valence-corrected chi connectivity index (χ2v) is 5.16. The van der Waals surface area contributed by atoms with Gasteiger partial charge in [-0.05, 0) is 25.3 Å². The van der Waals surface area contributed by atoms with Gasteiger partial charge in [-0.3, -0.25) is 4.68 Å². The van der Waals surface area contributed by atoms with Crippen LogP contribution in [-0.2, 0) is 7.05 Å². The number of aromatic nitrogens is 2. The number of hydrogen-bond acceptors (Lipinski definition) is 3. The molecule has 4 nitrogen and oxygen atoms in total. The fourth-order valence-electron chi connectivity index (χ4n) is 2.88. The van der Waals surface area contributed by atoms with E-state index in [9.17, 15) is 0 Å². The number of piperazine rings is 1. The first-order chi connectivity index (χ1) is 8.09. The molecule has 0 aliphatic carbocycles. The predicted octanol–water partition coefficient (Wildman–Crippen LogP) is 1.05. The van der Waals surface area contributed by atoms with Crippen LogP contribution in [0.2, 0.25) is 0 Å². The second kappa shape index (κ2) is 5.19. The first-order valence-electron chi connectivity index (χ1n) is 6.52. The summed E-state index contributed by atoms with van der Waals surface area (Å²) in [6.07, 6.45) is 0. The smallest absolute Gasteiger partial charge is 0.0631 e. The van der Waals surface area contributed by atoms with E-state index in [1.165, 1.54) is 30.0 Å². The van der Waals surface area contributed by atoms with E-state index in [1.807, 2.05) is 11.7 Å². The molecular formula is C13H24N4. The lowest BCUT2D eigenvalue weighted by molar-refractivity contribution is 0.230. The molecule has 0 saturated carbocycles. The highest BCUT2D eigenvalue weighted by Crippen LogP contribution is 2.23. The first kappa shape index (κ1) is 12.6. The van der Waals surface area contributed by atoms with Crippen molar-refractivity contribution in [3.8, 4) is 0 Å². The largest absolute Gasteiger partial charge is 0.314 e. The summed E-state index contributed by atoms with van der Waals surface area (Å²) in [5.74, 6) is 0.571. The summed E-state index contributed by atoms with van der Waals surface area (Å²) in [5.41, 5.74) is 3.93. The Morgan fingerprint density at radius 1 is 1.29 bits per heavy atom. The lowest BCUT2D eigenvalue weighted by Gasteiger charge is -2.29. The molecule has 96 valence electrons. The maximum atomic E-state index is 4.51. The van der Waals surface area contributed by atoms with E-state index in [-0.39, 0.29) is 0 Å². The molecule has 2 heterocycles. The molecule has 0 radical (unpaired) electrons. The van der Waals surface area contributed by atoms with Crippen LogP contribution in [0, 0.1) is 13.8 Å². The number of rotatable bonds is 3. The number of nitrogens with zero attached hydrogens (tertiary/aromatic N) is 3. The van der Waals surface area contributed by atoms with Crippen molar-refractivity contribution < 1.29 is 0 Å². The summed E-state index contributed by atoms with van der Waals surface area (Å²) in [6, 6.07) is 0. The van der Waals surface area contributed by atoms with Gasteiger partial charge in [0.05, 0.1) is 5.69 Å². The molecule has 4 heteroatoms. The van der Waals surface area contributed by atoms with E-state index < -0.39 is 0 Å². The minimum atomic E-state index is 0.571. The predicted molar refractivity (Wildman–Crippen MR) is 70.4 cm³/mol. The van der Waals surface area contributed by atoms with E-state index in [2.05, 4.69) is 36.1 Å². The molecule has 1 atom stereocenters. The Morgan fingerprint density at radius 3 is 2.47 bits per heavy atom. The van der Waals surface area contributed by atoms with Crippen LogP contribution in [0.3, 0.4) is 0 Å². The average Bonchev–Trinajstić information content (AvgIpc) is 2.54. The van der Waals surface area contributed by atoms with Crippen LogP contribution in [0.5, 0.6) is 0 Å². The first-order valence-corrected chi connectivity index (χ1v) is 6.52. The van der Waals surface area contributed by atoms with Crippen LogP contribution < -0.4 is 5.32 Å². The normalized spacial score (nSPS) is 19.5. The third-order valence-corrected chi connectivity index (χ3v) is 3.80. The third kappa shape index (κ3) is 2.69. The zero-order valence-electron chi connectivity index (χ0n) is 11.5. The van der Waals surface area contributed by atoms with Gasteiger partial charge in [0, 0.05) is 45.5 Å². The molecule has 1 unspecified atom stereocenters. The van der Waals surface area contributed by atoms with Crippen molar-refractivity contribution in [1.29, 1.82) is 0 Å². The Morgan fingerprint density at radius 2 is 1.94 bits per heavy atom. The topological polar surface area (TPSA) is 33.1 Å². The molecule has 0 aromatic carbocycles. The lowest BCUT2D eigenvalue weighted by Crippen LogP contribution is -2.44. The maximum absolute atomic E-state index is 4.51. The van der Waals surface area contributed by atoms with Crippen molar-refractivity contribution in [1.82, 2.24) is 20.0 Å². The van der Waals surface area contributed by atoms with Gasteiger partial charge in [0.25, 0.3) is 0 Å². The average molecular weight is 236 g/mol. The van der Waals surface area contributed by atoms with Gasteiger partial charge >= 0.3 is 0 Å². The Balaban J connectivity index is 2.05. The van der Waals surface area contributed by atoms with Gasteiger partial charge in [0.2, 0.25) is 0 Å². The van der Waals surface area contributed by atoms with Gasteiger partial charge in [-0.25, -0.2) is 0 Å². The van der Waals surface area contributed by atoms with Crippen LogP contribution in [0.1, 0.15) is 29.8 Å². The molecule has 1 aliphatic heterocycles. The lowest BCUT2D eigenvalue weighted by atomic mass is 9.98. The Hall–Kier alpha value is -0.870. The summed E-state index contributed by atoms with van der Waals surface area (Å²) in [6.45, 7) is 12.3. The number of aryl methyl sites for hydroxylation is 2. The van der Waals surface area contributed by atoms with Gasteiger partial charge < -0.3 is 10.2 Å². The van der Waals surface area contributed by atoms with E-state index in [0.29, 0.717) is 5.92 Å². The Labute approximate surface area is 104 Å². The molecule has 0 amide bonds. The molecule has 2 rings (SSSR count). The molecule has 1 aromatic rings. The molecule has 0 bridgehead atoms. The maximum Gasteiger partial charge on any atom is 0.0631 e. The van der Waals surface area contributed by atoms with E-state index in [4.69, 9.17) is 0 Å². The van der Waals surface area contributed by atoms with Gasteiger partial charge in [-0.15, -0.1) is 0 Å². The van der Waals surface area contributed by atoms with Crippen LogP contribution in [0.15, 0.2) is 0 Å². The van der Waals surface area contributed by atoms with Crippen molar-refractivity contribution in [3.05, 3.63) is 17.0 Å². The summed E-state index contributed by atoms with van der Waals surface area (Å²) >= 11 is 0. The zero-order chi connectivity index (χ0) is 12.4. The second-order valence-electron chi connectivity index (χ2n) is 5.16. The van der Waals surface area contributed by atoms with Crippen LogP contribution in [0.4, 0.5) is 0 Å². The minimum Gasteiger partial charge on any atom is -0.314 e. The molecule has 1 aliphatic rings. The quantitative estimate of drug-likeness (QED) is 0.851. The molecule has 1 aromatic heterocycles. The molecule has 1 N–H and O–H groups in total. The summed E-state index contributed by atoms with van der Waals surface area (Å²) in [7, 11) is 2.03. The van der Waals surface area contributed by atoms with Crippen molar-refractivity contribution in [2.24, 2.45) is 7.05 Å². The van der Waals surface area contributed by atoms with Crippen molar-refractivity contribution in [2.75, 3.05) is 32.7 Å². The van der Waals surface area contributed by atoms with Crippen LogP contribution in [0.25, 0.3) is 0 Å². The highest BCUT2D eigenvalue weighted by atomic mass is 15.3. The number of nitrogens with one attached hydrogen (secondary N) is 1. The van der Waals surface area contributed by atoms with Crippen molar-refractivity contribution >= 4 is 0 Å². The number of hydrogen-bond donors (Lipinski definition) is 1. The zero-order valence-corrected chi connectivity index (χ0v) is 11.5. The van der Waals surface area contributed by atoms with Crippen LogP contribution in [-0.4, -0.2) is 47.4 Å². The highest BCUT2D eigenvalue weighted by Gasteiger charge is 2.19. The van der Waals surface area contributed by atoms with Crippen molar-refractivity contribution in [2.45, 2.75) is 26.7 Å².